The van der Waals surface area contributed by atoms with Gasteiger partial charge in [0.25, 0.3) is 0 Å². The zero-order valence-corrected chi connectivity index (χ0v) is 5.60. The van der Waals surface area contributed by atoms with Gasteiger partial charge in [-0.3, -0.25) is 4.79 Å². The highest BCUT2D eigenvalue weighted by atomic mass is 16.1. The van der Waals surface area contributed by atoms with Crippen molar-refractivity contribution in [3.05, 3.63) is 0 Å². The maximum Gasteiger partial charge on any atom is 0.132 e. The van der Waals surface area contributed by atoms with Crippen LogP contribution in [0.4, 0.5) is 0 Å². The minimum Gasteiger partial charge on any atom is -0.328 e. The minimum absolute atomic E-state index is 0.288. The third-order valence-corrected chi connectivity index (χ3v) is 1.82. The van der Waals surface area contributed by atoms with Crippen LogP contribution in [0, 0.1) is 0 Å². The number of hydrogen-bond acceptors (Lipinski definition) is 2. The quantitative estimate of drug-likeness (QED) is 0.490. The standard InChI is InChI=1S/C7H13NO/c8-6-2-1-3-7(9)5-4-6/h6H,1-5,8H2. The van der Waals surface area contributed by atoms with Gasteiger partial charge in [-0.25, -0.2) is 0 Å². The lowest BCUT2D eigenvalue weighted by Crippen LogP contribution is -2.17. The van der Waals surface area contributed by atoms with Crippen LogP contribution in [0.3, 0.4) is 0 Å². The Kier molecular flexibility index (Phi) is 2.22. The van der Waals surface area contributed by atoms with Crippen LogP contribution in [0.25, 0.3) is 0 Å². The van der Waals surface area contributed by atoms with Crippen molar-refractivity contribution in [3.63, 3.8) is 0 Å². The monoisotopic (exact) mass is 127 g/mol. The van der Waals surface area contributed by atoms with Crippen LogP contribution >= 0.6 is 0 Å². The molecule has 1 aliphatic rings. The van der Waals surface area contributed by atoms with Gasteiger partial charge in [-0.05, 0) is 19.3 Å². The lowest BCUT2D eigenvalue weighted by atomic mass is 10.1. The molecule has 1 unspecified atom stereocenters. The summed E-state index contributed by atoms with van der Waals surface area (Å²) in [7, 11) is 0. The van der Waals surface area contributed by atoms with Crippen molar-refractivity contribution < 1.29 is 4.79 Å². The van der Waals surface area contributed by atoms with Gasteiger partial charge in [0.15, 0.2) is 0 Å². The Bertz CT molecular complexity index is 111. The second-order valence-corrected chi connectivity index (χ2v) is 2.73. The van der Waals surface area contributed by atoms with E-state index in [4.69, 9.17) is 5.73 Å². The van der Waals surface area contributed by atoms with Crippen LogP contribution in [0.2, 0.25) is 0 Å². The van der Waals surface area contributed by atoms with Gasteiger partial charge < -0.3 is 5.73 Å². The summed E-state index contributed by atoms with van der Waals surface area (Å²) >= 11 is 0. The van der Waals surface area contributed by atoms with Crippen LogP contribution in [0.5, 0.6) is 0 Å². The molecule has 1 aliphatic carbocycles. The van der Waals surface area contributed by atoms with Crippen molar-refractivity contribution in [1.82, 2.24) is 0 Å². The zero-order chi connectivity index (χ0) is 6.69. The summed E-state index contributed by atoms with van der Waals surface area (Å²) in [6.45, 7) is 0. The third-order valence-electron chi connectivity index (χ3n) is 1.82. The molecule has 0 bridgehead atoms. The lowest BCUT2D eigenvalue weighted by Gasteiger charge is -2.02. The molecule has 0 amide bonds. The lowest BCUT2D eigenvalue weighted by molar-refractivity contribution is -0.118. The van der Waals surface area contributed by atoms with Crippen molar-refractivity contribution in [2.75, 3.05) is 0 Å². The largest absolute Gasteiger partial charge is 0.328 e. The van der Waals surface area contributed by atoms with E-state index < -0.39 is 0 Å². The van der Waals surface area contributed by atoms with Crippen molar-refractivity contribution in [3.8, 4) is 0 Å². The number of rotatable bonds is 0. The van der Waals surface area contributed by atoms with E-state index in [1.807, 2.05) is 0 Å². The first-order chi connectivity index (χ1) is 4.29. The first-order valence-electron chi connectivity index (χ1n) is 3.56. The predicted octanol–water partition coefficient (Wildman–Crippen LogP) is 0.847. The number of carbonyl (C=O) groups excluding carboxylic acids is 1. The summed E-state index contributed by atoms with van der Waals surface area (Å²) in [5.74, 6) is 0.392. The molecule has 0 radical (unpaired) electrons. The van der Waals surface area contributed by atoms with E-state index in [0.717, 1.165) is 25.7 Å². The summed E-state index contributed by atoms with van der Waals surface area (Å²) in [5.41, 5.74) is 5.64. The highest BCUT2D eigenvalue weighted by molar-refractivity contribution is 5.78. The Morgan fingerprint density at radius 3 is 2.89 bits per heavy atom. The van der Waals surface area contributed by atoms with E-state index in [0.29, 0.717) is 12.2 Å². The molecule has 0 aliphatic heterocycles. The highest BCUT2D eigenvalue weighted by Crippen LogP contribution is 2.12. The second-order valence-electron chi connectivity index (χ2n) is 2.73. The Morgan fingerprint density at radius 2 is 2.11 bits per heavy atom. The Morgan fingerprint density at radius 1 is 1.33 bits per heavy atom. The topological polar surface area (TPSA) is 43.1 Å². The Hall–Kier alpha value is -0.370. The molecule has 0 aromatic carbocycles. The molecule has 2 nitrogen and oxygen atoms in total. The van der Waals surface area contributed by atoms with E-state index in [1.54, 1.807) is 0 Å². The molecule has 1 atom stereocenters. The first-order valence-corrected chi connectivity index (χ1v) is 3.56. The van der Waals surface area contributed by atoms with Gasteiger partial charge in [0.2, 0.25) is 0 Å². The summed E-state index contributed by atoms with van der Waals surface area (Å²) in [4.78, 5) is 10.8. The second kappa shape index (κ2) is 2.97. The van der Waals surface area contributed by atoms with Gasteiger partial charge in [-0.15, -0.1) is 0 Å². The molecule has 0 saturated heterocycles. The van der Waals surface area contributed by atoms with E-state index in [1.165, 1.54) is 0 Å². The normalized spacial score (nSPS) is 29.9. The van der Waals surface area contributed by atoms with Crippen LogP contribution in [-0.2, 0) is 4.79 Å². The average Bonchev–Trinajstić information content (AvgIpc) is 1.97. The number of hydrogen-bond donors (Lipinski definition) is 1. The Balaban J connectivity index is 2.34. The number of Topliss-reactive ketones (excluding diaryl/α,β-unsaturated/α-hetero) is 1. The Labute approximate surface area is 55.4 Å². The molecule has 2 heteroatoms. The first kappa shape index (κ1) is 6.75. The molecular weight excluding hydrogens is 114 g/mol. The fourth-order valence-corrected chi connectivity index (χ4v) is 1.18. The zero-order valence-electron chi connectivity index (χ0n) is 5.60. The summed E-state index contributed by atoms with van der Waals surface area (Å²) in [6, 6.07) is 0.288. The van der Waals surface area contributed by atoms with Crippen LogP contribution < -0.4 is 5.73 Å². The molecule has 1 fully saturated rings. The van der Waals surface area contributed by atoms with Gasteiger partial charge in [0, 0.05) is 18.9 Å². The molecule has 0 aromatic heterocycles. The predicted molar refractivity (Wildman–Crippen MR) is 36.1 cm³/mol. The third kappa shape index (κ3) is 2.14. The van der Waals surface area contributed by atoms with Crippen molar-refractivity contribution in [1.29, 1.82) is 0 Å². The van der Waals surface area contributed by atoms with Crippen LogP contribution in [-0.4, -0.2) is 11.8 Å². The van der Waals surface area contributed by atoms with Gasteiger partial charge in [-0.2, -0.15) is 0 Å². The fourth-order valence-electron chi connectivity index (χ4n) is 1.18. The van der Waals surface area contributed by atoms with E-state index in [-0.39, 0.29) is 6.04 Å². The van der Waals surface area contributed by atoms with E-state index in [2.05, 4.69) is 0 Å². The van der Waals surface area contributed by atoms with Crippen LogP contribution in [0.15, 0.2) is 0 Å². The van der Waals surface area contributed by atoms with E-state index >= 15 is 0 Å². The van der Waals surface area contributed by atoms with Crippen molar-refractivity contribution >= 4 is 5.78 Å². The maximum absolute atomic E-state index is 10.8. The number of carbonyl (C=O) groups is 1. The number of ketones is 1. The molecular formula is C7H13NO. The van der Waals surface area contributed by atoms with Crippen LogP contribution in [0.1, 0.15) is 32.1 Å². The fraction of sp³-hybridized carbons (Fsp3) is 0.857. The summed E-state index contributed by atoms with van der Waals surface area (Å²) in [6.07, 6.45) is 4.40. The van der Waals surface area contributed by atoms with Gasteiger partial charge in [0.1, 0.15) is 5.78 Å². The van der Waals surface area contributed by atoms with Gasteiger partial charge >= 0.3 is 0 Å². The molecule has 1 saturated carbocycles. The smallest absolute Gasteiger partial charge is 0.132 e. The summed E-state index contributed by atoms with van der Waals surface area (Å²) in [5, 5.41) is 0. The van der Waals surface area contributed by atoms with Crippen molar-refractivity contribution in [2.45, 2.75) is 38.1 Å². The highest BCUT2D eigenvalue weighted by Gasteiger charge is 2.11. The minimum atomic E-state index is 0.288. The number of nitrogens with two attached hydrogens (primary N) is 1. The molecule has 2 N–H and O–H groups in total. The molecule has 1 rings (SSSR count). The molecule has 52 valence electrons. The molecule has 0 aromatic rings. The summed E-state index contributed by atoms with van der Waals surface area (Å²) < 4.78 is 0. The van der Waals surface area contributed by atoms with Gasteiger partial charge in [0.05, 0.1) is 0 Å². The molecule has 0 heterocycles. The maximum atomic E-state index is 10.8. The molecule has 0 spiro atoms. The van der Waals surface area contributed by atoms with Crippen molar-refractivity contribution in [2.24, 2.45) is 5.73 Å². The SMILES string of the molecule is NC1CCCC(=O)CC1. The van der Waals surface area contributed by atoms with E-state index in [9.17, 15) is 4.79 Å². The van der Waals surface area contributed by atoms with Gasteiger partial charge in [-0.1, -0.05) is 0 Å². The average molecular weight is 127 g/mol. The molecule has 9 heavy (non-hydrogen) atoms.